The van der Waals surface area contributed by atoms with Gasteiger partial charge in [-0.2, -0.15) is 0 Å². The summed E-state index contributed by atoms with van der Waals surface area (Å²) in [6.07, 6.45) is 0. The van der Waals surface area contributed by atoms with Crippen LogP contribution in [0.25, 0.3) is 22.3 Å². The van der Waals surface area contributed by atoms with Crippen LogP contribution in [0.2, 0.25) is 0 Å². The average Bonchev–Trinajstić information content (AvgIpc) is 2.85. The van der Waals surface area contributed by atoms with Crippen LogP contribution in [0.5, 0.6) is 5.75 Å². The van der Waals surface area contributed by atoms with Gasteiger partial charge in [-0.3, -0.25) is 4.79 Å². The number of anilines is 1. The average molecular weight is 462 g/mol. The van der Waals surface area contributed by atoms with Crippen molar-refractivity contribution < 1.29 is 22.7 Å². The quantitative estimate of drug-likeness (QED) is 0.353. The zero-order valence-corrected chi connectivity index (χ0v) is 18.0. The van der Waals surface area contributed by atoms with E-state index in [0.29, 0.717) is 28.1 Å². The van der Waals surface area contributed by atoms with Crippen molar-refractivity contribution in [3.05, 3.63) is 108 Å². The van der Waals surface area contributed by atoms with Gasteiger partial charge in [-0.15, -0.1) is 0 Å². The molecule has 0 radical (unpaired) electrons. The van der Waals surface area contributed by atoms with Crippen LogP contribution in [-0.4, -0.2) is 19.1 Å². The highest BCUT2D eigenvalue weighted by Crippen LogP contribution is 2.32. The van der Waals surface area contributed by atoms with Gasteiger partial charge in [-0.1, -0.05) is 30.3 Å². The second-order valence-electron chi connectivity index (χ2n) is 7.52. The van der Waals surface area contributed by atoms with Crippen LogP contribution in [0.15, 0.2) is 84.9 Å². The molecule has 0 aliphatic carbocycles. The van der Waals surface area contributed by atoms with Crippen LogP contribution in [0.4, 0.5) is 18.9 Å². The monoisotopic (exact) mass is 462 g/mol. The van der Waals surface area contributed by atoms with E-state index in [9.17, 15) is 18.0 Å². The molecule has 0 fully saturated rings. The van der Waals surface area contributed by atoms with E-state index in [2.05, 4.69) is 5.32 Å². The second kappa shape index (κ2) is 10.2. The molecule has 0 saturated carbocycles. The molecule has 0 unspecified atom stereocenters. The lowest BCUT2D eigenvalue weighted by Gasteiger charge is -2.14. The molecule has 0 saturated heterocycles. The molecule has 4 aromatic carbocycles. The number of hydrogen-bond acceptors (Lipinski definition) is 3. The van der Waals surface area contributed by atoms with Crippen LogP contribution in [0.1, 0.15) is 10.4 Å². The van der Waals surface area contributed by atoms with E-state index >= 15 is 0 Å². The number of carbonyl (C=O) groups excluding carboxylic acids is 1. The zero-order valence-electron chi connectivity index (χ0n) is 18.0. The minimum absolute atomic E-state index is 0.221. The number of ether oxygens (including phenoxy) is 1. The zero-order chi connectivity index (χ0) is 24.1. The van der Waals surface area contributed by atoms with E-state index in [1.807, 2.05) is 6.07 Å². The van der Waals surface area contributed by atoms with Gasteiger partial charge in [0.05, 0.1) is 0 Å². The van der Waals surface area contributed by atoms with Crippen LogP contribution in [0, 0.1) is 17.5 Å². The van der Waals surface area contributed by atoms with E-state index in [-0.39, 0.29) is 19.0 Å². The molecule has 0 atom stereocenters. The number of benzene rings is 4. The molecule has 34 heavy (non-hydrogen) atoms. The predicted molar refractivity (Wildman–Crippen MR) is 126 cm³/mol. The minimum Gasteiger partial charge on any atom is -0.492 e. The van der Waals surface area contributed by atoms with Crippen LogP contribution in [-0.2, 0) is 0 Å². The topological polar surface area (TPSA) is 64.3 Å². The highest BCUT2D eigenvalue weighted by Gasteiger charge is 2.15. The van der Waals surface area contributed by atoms with Crippen LogP contribution < -0.4 is 15.8 Å². The SMILES string of the molecule is NCCOc1ccc(C(=O)Nc2cccc(-c3ccc(F)cc3)c2)cc1-c1ccc(F)c(F)c1. The van der Waals surface area contributed by atoms with E-state index in [4.69, 9.17) is 10.5 Å². The molecule has 7 heteroatoms. The van der Waals surface area contributed by atoms with Gasteiger partial charge in [0.1, 0.15) is 18.2 Å². The van der Waals surface area contributed by atoms with Crippen molar-refractivity contribution >= 4 is 11.6 Å². The number of halogens is 3. The largest absolute Gasteiger partial charge is 0.492 e. The number of amides is 1. The summed E-state index contributed by atoms with van der Waals surface area (Å²) < 4.78 is 46.2. The predicted octanol–water partition coefficient (Wildman–Crippen LogP) is 6.03. The number of nitrogens with one attached hydrogen (secondary N) is 1. The van der Waals surface area contributed by atoms with Crippen molar-refractivity contribution in [3.63, 3.8) is 0 Å². The number of nitrogens with two attached hydrogens (primary N) is 1. The summed E-state index contributed by atoms with van der Waals surface area (Å²) >= 11 is 0. The maximum atomic E-state index is 13.9. The molecule has 0 aromatic heterocycles. The summed E-state index contributed by atoms with van der Waals surface area (Å²) in [6, 6.07) is 21.4. The highest BCUT2D eigenvalue weighted by atomic mass is 19.2. The number of hydrogen-bond donors (Lipinski definition) is 2. The molecule has 1 amide bonds. The fraction of sp³-hybridized carbons (Fsp3) is 0.0741. The normalized spacial score (nSPS) is 10.7. The van der Waals surface area contributed by atoms with E-state index in [1.165, 1.54) is 18.2 Å². The number of rotatable bonds is 7. The maximum absolute atomic E-state index is 13.9. The minimum atomic E-state index is -1.00. The van der Waals surface area contributed by atoms with Crippen molar-refractivity contribution in [2.24, 2.45) is 5.73 Å². The summed E-state index contributed by atoms with van der Waals surface area (Å²) in [5.41, 5.74) is 8.77. The van der Waals surface area contributed by atoms with Crippen LogP contribution in [0.3, 0.4) is 0 Å². The third kappa shape index (κ3) is 5.27. The molecule has 3 N–H and O–H groups in total. The smallest absolute Gasteiger partial charge is 0.255 e. The second-order valence-corrected chi connectivity index (χ2v) is 7.52. The number of carbonyl (C=O) groups is 1. The first-order valence-corrected chi connectivity index (χ1v) is 10.5. The van der Waals surface area contributed by atoms with Crippen LogP contribution >= 0.6 is 0 Å². The highest BCUT2D eigenvalue weighted by molar-refractivity contribution is 6.05. The first-order valence-electron chi connectivity index (χ1n) is 10.5. The molecule has 0 aliphatic heterocycles. The summed E-state index contributed by atoms with van der Waals surface area (Å²) in [5, 5.41) is 2.83. The Morgan fingerprint density at radius 1 is 0.794 bits per heavy atom. The lowest BCUT2D eigenvalue weighted by molar-refractivity contribution is 0.102. The van der Waals surface area contributed by atoms with E-state index in [0.717, 1.165) is 23.3 Å². The van der Waals surface area contributed by atoms with Gasteiger partial charge in [-0.25, -0.2) is 13.2 Å². The lowest BCUT2D eigenvalue weighted by Crippen LogP contribution is -2.13. The molecule has 0 spiro atoms. The fourth-order valence-corrected chi connectivity index (χ4v) is 3.48. The Labute approximate surface area is 194 Å². The lowest BCUT2D eigenvalue weighted by atomic mass is 10.0. The molecule has 4 rings (SSSR count). The molecule has 172 valence electrons. The first kappa shape index (κ1) is 23.1. The molecule has 4 nitrogen and oxygen atoms in total. The van der Waals surface area contributed by atoms with Crippen molar-refractivity contribution in [1.82, 2.24) is 0 Å². The first-order chi connectivity index (χ1) is 16.4. The molecular formula is C27H21F3N2O2. The summed E-state index contributed by atoms with van der Waals surface area (Å²) in [6.45, 7) is 0.488. The van der Waals surface area contributed by atoms with Gasteiger partial charge in [-0.05, 0) is 71.3 Å². The standard InChI is InChI=1S/C27H21F3N2O2/c28-21-8-4-17(5-9-21)18-2-1-3-22(14-18)32-27(33)20-7-11-26(34-13-12-31)23(15-20)19-6-10-24(29)25(30)16-19/h1-11,14-16H,12-13,31H2,(H,32,33). The summed E-state index contributed by atoms with van der Waals surface area (Å²) in [5.74, 6) is -2.31. The van der Waals surface area contributed by atoms with Crippen molar-refractivity contribution in [2.75, 3.05) is 18.5 Å². The molecule has 4 aromatic rings. The summed E-state index contributed by atoms with van der Waals surface area (Å²) in [7, 11) is 0. The Morgan fingerprint density at radius 3 is 2.29 bits per heavy atom. The Kier molecular flexibility index (Phi) is 6.94. The van der Waals surface area contributed by atoms with Gasteiger partial charge in [0, 0.05) is 23.4 Å². The van der Waals surface area contributed by atoms with Crippen molar-refractivity contribution in [3.8, 4) is 28.0 Å². The third-order valence-electron chi connectivity index (χ3n) is 5.15. The molecular weight excluding hydrogens is 441 g/mol. The van der Waals surface area contributed by atoms with Gasteiger partial charge in [0.25, 0.3) is 5.91 Å². The summed E-state index contributed by atoms with van der Waals surface area (Å²) in [4.78, 5) is 13.0. The van der Waals surface area contributed by atoms with Gasteiger partial charge < -0.3 is 15.8 Å². The van der Waals surface area contributed by atoms with Gasteiger partial charge in [0.2, 0.25) is 0 Å². The van der Waals surface area contributed by atoms with Crippen molar-refractivity contribution in [2.45, 2.75) is 0 Å². The Morgan fingerprint density at radius 2 is 1.56 bits per heavy atom. The molecule has 0 bridgehead atoms. The Balaban J connectivity index is 1.62. The van der Waals surface area contributed by atoms with Crippen molar-refractivity contribution in [1.29, 1.82) is 0 Å². The Hall–Kier alpha value is -4.10. The van der Waals surface area contributed by atoms with E-state index < -0.39 is 17.5 Å². The third-order valence-corrected chi connectivity index (χ3v) is 5.15. The molecule has 0 heterocycles. The fourth-order valence-electron chi connectivity index (χ4n) is 3.48. The maximum Gasteiger partial charge on any atom is 0.255 e. The molecule has 0 aliphatic rings. The van der Waals surface area contributed by atoms with E-state index in [1.54, 1.807) is 48.5 Å². The van der Waals surface area contributed by atoms with Gasteiger partial charge in [0.15, 0.2) is 11.6 Å². The Bertz CT molecular complexity index is 1320. The van der Waals surface area contributed by atoms with Gasteiger partial charge >= 0.3 is 0 Å².